The zero-order valence-corrected chi connectivity index (χ0v) is 8.72. The summed E-state index contributed by atoms with van der Waals surface area (Å²) in [7, 11) is 0. The van der Waals surface area contributed by atoms with Crippen LogP contribution in [-0.2, 0) is 0 Å². The Balaban J connectivity index is 3.18. The molecule has 0 radical (unpaired) electrons. The standard InChI is InChI=1S/C8H5BrF3NO2/c9-7-4(3-14)1-5(13)2-6(7)15-8(10,11)12/h1-3H,13H2. The third-order valence-electron chi connectivity index (χ3n) is 1.44. The van der Waals surface area contributed by atoms with Crippen LogP contribution in [0.15, 0.2) is 16.6 Å². The number of nitrogens with two attached hydrogens (primary N) is 1. The molecule has 0 atom stereocenters. The number of carbonyl (C=O) groups is 1. The SMILES string of the molecule is Nc1cc(C=O)c(Br)c(OC(F)(F)F)c1. The zero-order chi connectivity index (χ0) is 11.6. The van der Waals surface area contributed by atoms with Crippen molar-refractivity contribution in [2.24, 2.45) is 0 Å². The van der Waals surface area contributed by atoms with Gasteiger partial charge in [-0.2, -0.15) is 0 Å². The van der Waals surface area contributed by atoms with Crippen molar-refractivity contribution in [3.05, 3.63) is 22.2 Å². The summed E-state index contributed by atoms with van der Waals surface area (Å²) in [4.78, 5) is 10.5. The number of hydrogen-bond acceptors (Lipinski definition) is 3. The molecule has 0 spiro atoms. The molecular formula is C8H5BrF3NO2. The molecule has 3 nitrogen and oxygen atoms in total. The fourth-order valence-electron chi connectivity index (χ4n) is 0.926. The molecule has 1 rings (SSSR count). The highest BCUT2D eigenvalue weighted by molar-refractivity contribution is 9.10. The lowest BCUT2D eigenvalue weighted by Crippen LogP contribution is -2.17. The van der Waals surface area contributed by atoms with Crippen LogP contribution in [0.2, 0.25) is 0 Å². The molecule has 2 N–H and O–H groups in total. The summed E-state index contributed by atoms with van der Waals surface area (Å²) in [5.74, 6) is -0.537. The Labute approximate surface area is 91.1 Å². The van der Waals surface area contributed by atoms with Crippen LogP contribution in [0.4, 0.5) is 18.9 Å². The maximum Gasteiger partial charge on any atom is 0.573 e. The number of rotatable bonds is 2. The molecule has 0 saturated carbocycles. The molecule has 7 heteroatoms. The summed E-state index contributed by atoms with van der Waals surface area (Å²) < 4.78 is 39.3. The maximum atomic E-state index is 11.9. The molecule has 82 valence electrons. The van der Waals surface area contributed by atoms with Gasteiger partial charge in [-0.1, -0.05) is 0 Å². The summed E-state index contributed by atoms with van der Waals surface area (Å²) in [6.45, 7) is 0. The molecule has 1 aromatic rings. The highest BCUT2D eigenvalue weighted by Gasteiger charge is 2.32. The lowest BCUT2D eigenvalue weighted by molar-refractivity contribution is -0.274. The first kappa shape index (κ1) is 11.8. The fourth-order valence-corrected chi connectivity index (χ4v) is 1.33. The number of benzene rings is 1. The average Bonchev–Trinajstić information content (AvgIpc) is 2.08. The summed E-state index contributed by atoms with van der Waals surface area (Å²) >= 11 is 2.82. The first-order valence-corrected chi connectivity index (χ1v) is 4.42. The first-order valence-electron chi connectivity index (χ1n) is 3.63. The van der Waals surface area contributed by atoms with Gasteiger partial charge in [0.05, 0.1) is 4.47 Å². The summed E-state index contributed by atoms with van der Waals surface area (Å²) in [6, 6.07) is 2.21. The quantitative estimate of drug-likeness (QED) is 0.671. The molecule has 0 aliphatic carbocycles. The summed E-state index contributed by atoms with van der Waals surface area (Å²) in [5.41, 5.74) is 5.30. The number of ether oxygens (including phenoxy) is 1. The maximum absolute atomic E-state index is 11.9. The molecule has 0 aliphatic heterocycles. The van der Waals surface area contributed by atoms with Gasteiger partial charge in [-0.05, 0) is 22.0 Å². The van der Waals surface area contributed by atoms with Crippen LogP contribution in [0.25, 0.3) is 0 Å². The van der Waals surface area contributed by atoms with E-state index in [1.165, 1.54) is 6.07 Å². The lowest BCUT2D eigenvalue weighted by atomic mass is 10.2. The number of nitrogen functional groups attached to an aromatic ring is 1. The molecule has 0 fully saturated rings. The number of hydrogen-bond donors (Lipinski definition) is 1. The van der Waals surface area contributed by atoms with Crippen molar-refractivity contribution in [1.82, 2.24) is 0 Å². The van der Waals surface area contributed by atoms with E-state index in [0.29, 0.717) is 6.29 Å². The van der Waals surface area contributed by atoms with E-state index in [1.807, 2.05) is 0 Å². The zero-order valence-electron chi connectivity index (χ0n) is 7.14. The van der Waals surface area contributed by atoms with E-state index in [1.54, 1.807) is 0 Å². The van der Waals surface area contributed by atoms with E-state index in [4.69, 9.17) is 5.73 Å². The predicted molar refractivity (Wildman–Crippen MR) is 50.6 cm³/mol. The molecule has 0 bridgehead atoms. The lowest BCUT2D eigenvalue weighted by Gasteiger charge is -2.12. The normalized spacial score (nSPS) is 11.2. The number of halogens is 4. The molecule has 1 aromatic carbocycles. The van der Waals surface area contributed by atoms with Gasteiger partial charge >= 0.3 is 6.36 Å². The van der Waals surface area contributed by atoms with Crippen molar-refractivity contribution in [3.63, 3.8) is 0 Å². The Kier molecular flexibility index (Phi) is 3.23. The van der Waals surface area contributed by atoms with Crippen molar-refractivity contribution < 1.29 is 22.7 Å². The monoisotopic (exact) mass is 283 g/mol. The van der Waals surface area contributed by atoms with Gasteiger partial charge in [0.2, 0.25) is 0 Å². The average molecular weight is 284 g/mol. The molecule has 0 saturated heterocycles. The van der Waals surface area contributed by atoms with Crippen molar-refractivity contribution >= 4 is 27.9 Å². The van der Waals surface area contributed by atoms with Crippen molar-refractivity contribution in [2.45, 2.75) is 6.36 Å². The van der Waals surface area contributed by atoms with Crippen LogP contribution in [0, 0.1) is 0 Å². The Morgan fingerprint density at radius 3 is 2.47 bits per heavy atom. The highest BCUT2D eigenvalue weighted by atomic mass is 79.9. The molecule has 15 heavy (non-hydrogen) atoms. The van der Waals surface area contributed by atoms with Crippen LogP contribution < -0.4 is 10.5 Å². The third kappa shape index (κ3) is 3.12. The van der Waals surface area contributed by atoms with Gasteiger partial charge in [0.25, 0.3) is 0 Å². The van der Waals surface area contributed by atoms with Crippen LogP contribution in [0.5, 0.6) is 5.75 Å². The highest BCUT2D eigenvalue weighted by Crippen LogP contribution is 2.34. The van der Waals surface area contributed by atoms with Gasteiger partial charge in [0.15, 0.2) is 6.29 Å². The number of aldehydes is 1. The summed E-state index contributed by atoms with van der Waals surface area (Å²) in [5, 5.41) is 0. The largest absolute Gasteiger partial charge is 0.573 e. The van der Waals surface area contributed by atoms with E-state index in [9.17, 15) is 18.0 Å². The van der Waals surface area contributed by atoms with Crippen LogP contribution in [-0.4, -0.2) is 12.6 Å². The smallest absolute Gasteiger partial charge is 0.404 e. The molecule has 0 heterocycles. The Morgan fingerprint density at radius 2 is 2.00 bits per heavy atom. The number of alkyl halides is 3. The Morgan fingerprint density at radius 1 is 1.40 bits per heavy atom. The minimum absolute atomic E-state index is 0.00532. The van der Waals surface area contributed by atoms with Gasteiger partial charge in [0.1, 0.15) is 5.75 Å². The second kappa shape index (κ2) is 4.09. The molecular weight excluding hydrogens is 279 g/mol. The van der Waals surface area contributed by atoms with Crippen LogP contribution in [0.1, 0.15) is 10.4 Å². The molecule has 0 aliphatic rings. The molecule has 0 aromatic heterocycles. The van der Waals surface area contributed by atoms with E-state index < -0.39 is 12.1 Å². The van der Waals surface area contributed by atoms with Crippen LogP contribution >= 0.6 is 15.9 Å². The van der Waals surface area contributed by atoms with Gasteiger partial charge in [0, 0.05) is 17.3 Å². The van der Waals surface area contributed by atoms with Gasteiger partial charge in [-0.25, -0.2) is 0 Å². The van der Waals surface area contributed by atoms with Crippen molar-refractivity contribution in [2.75, 3.05) is 5.73 Å². The van der Waals surface area contributed by atoms with E-state index >= 15 is 0 Å². The second-order valence-electron chi connectivity index (χ2n) is 2.59. The van der Waals surface area contributed by atoms with Crippen LogP contribution in [0.3, 0.4) is 0 Å². The van der Waals surface area contributed by atoms with Crippen molar-refractivity contribution in [3.8, 4) is 5.75 Å². The van der Waals surface area contributed by atoms with Gasteiger partial charge in [-0.3, -0.25) is 4.79 Å². The minimum Gasteiger partial charge on any atom is -0.404 e. The first-order chi connectivity index (χ1) is 6.83. The van der Waals surface area contributed by atoms with Gasteiger partial charge < -0.3 is 10.5 Å². The third-order valence-corrected chi connectivity index (χ3v) is 2.29. The Bertz CT molecular complexity index is 392. The van der Waals surface area contributed by atoms with Crippen molar-refractivity contribution in [1.29, 1.82) is 0 Å². The fraction of sp³-hybridized carbons (Fsp3) is 0.125. The Hall–Kier alpha value is -1.24. The van der Waals surface area contributed by atoms with E-state index in [-0.39, 0.29) is 15.7 Å². The molecule has 0 amide bonds. The predicted octanol–water partition coefficient (Wildman–Crippen LogP) is 2.74. The topological polar surface area (TPSA) is 52.3 Å². The molecule has 0 unspecified atom stereocenters. The number of anilines is 1. The van der Waals surface area contributed by atoms with E-state index in [0.717, 1.165) is 6.07 Å². The number of carbonyl (C=O) groups excluding carboxylic acids is 1. The second-order valence-corrected chi connectivity index (χ2v) is 3.38. The minimum atomic E-state index is -4.82. The van der Waals surface area contributed by atoms with Gasteiger partial charge in [-0.15, -0.1) is 13.2 Å². The summed E-state index contributed by atoms with van der Waals surface area (Å²) in [6.07, 6.45) is -4.44. The van der Waals surface area contributed by atoms with E-state index in [2.05, 4.69) is 20.7 Å².